The van der Waals surface area contributed by atoms with Gasteiger partial charge in [0.25, 0.3) is 0 Å². The van der Waals surface area contributed by atoms with Crippen LogP contribution in [0.2, 0.25) is 0 Å². The highest BCUT2D eigenvalue weighted by Gasteiger charge is 2.29. The van der Waals surface area contributed by atoms with E-state index in [1.165, 1.54) is 43.4 Å². The maximum Gasteiger partial charge on any atom is 0.225 e. The summed E-state index contributed by atoms with van der Waals surface area (Å²) in [6.45, 7) is 6.96. The average Bonchev–Trinajstić information content (AvgIpc) is 3.51. The Morgan fingerprint density at radius 3 is 2.35 bits per heavy atom. The lowest BCUT2D eigenvalue weighted by molar-refractivity contribution is -0.138. The number of amides is 1. The molecular formula is C31H40N4O2. The Bertz CT molecular complexity index is 1060. The Kier molecular flexibility index (Phi) is 8.76. The fourth-order valence-corrected chi connectivity index (χ4v) is 6.02. The molecule has 0 N–H and O–H groups in total. The number of piperazine rings is 1. The molecule has 6 nitrogen and oxygen atoms in total. The molecule has 5 rings (SSSR count). The van der Waals surface area contributed by atoms with Gasteiger partial charge in [-0.2, -0.15) is 5.26 Å². The number of carbonyl (C=O) groups is 1. The smallest absolute Gasteiger partial charge is 0.225 e. The van der Waals surface area contributed by atoms with Crippen LogP contribution in [0.3, 0.4) is 0 Å². The molecule has 2 heterocycles. The lowest BCUT2D eigenvalue weighted by atomic mass is 9.88. The van der Waals surface area contributed by atoms with Gasteiger partial charge in [0.1, 0.15) is 0 Å². The first-order chi connectivity index (χ1) is 18.2. The summed E-state index contributed by atoms with van der Waals surface area (Å²) in [4.78, 5) is 20.1. The predicted octanol–water partition coefficient (Wildman–Crippen LogP) is 5.14. The van der Waals surface area contributed by atoms with Crippen molar-refractivity contribution in [3.63, 3.8) is 0 Å². The third-order valence-electron chi connectivity index (χ3n) is 8.31. The van der Waals surface area contributed by atoms with Crippen LogP contribution in [-0.2, 0) is 16.1 Å². The Hall–Kier alpha value is -2.88. The Labute approximate surface area is 221 Å². The molecule has 2 aromatic carbocycles. The van der Waals surface area contributed by atoms with Crippen molar-refractivity contribution in [2.24, 2.45) is 5.92 Å². The third-order valence-corrected chi connectivity index (χ3v) is 8.31. The van der Waals surface area contributed by atoms with Gasteiger partial charge >= 0.3 is 0 Å². The number of rotatable bonds is 8. The van der Waals surface area contributed by atoms with Crippen LogP contribution in [0, 0.1) is 17.2 Å². The van der Waals surface area contributed by atoms with E-state index in [0.717, 1.165) is 64.2 Å². The summed E-state index contributed by atoms with van der Waals surface area (Å²) in [5.41, 5.74) is 4.23. The standard InChI is InChI=1S/C31H40N4O2/c32-22-25-11-13-26(14-12-25)24-37-30(28-9-6-10-29(21-28)34-15-4-5-16-34)23-33-17-19-35(20-18-33)31(36)27-7-2-1-3-8-27/h6,9-14,21,27,30H,1-5,7-8,15-20,23-24H2/t30-/m1/s1. The molecule has 0 unspecified atom stereocenters. The lowest BCUT2D eigenvalue weighted by Gasteiger charge is -2.38. The fourth-order valence-electron chi connectivity index (χ4n) is 6.02. The van der Waals surface area contributed by atoms with Crippen molar-refractivity contribution < 1.29 is 9.53 Å². The number of nitrogens with zero attached hydrogens (tertiary/aromatic N) is 4. The normalized spacial score (nSPS) is 20.1. The number of carbonyl (C=O) groups excluding carboxylic acids is 1. The highest BCUT2D eigenvalue weighted by molar-refractivity contribution is 5.79. The zero-order chi connectivity index (χ0) is 25.5. The zero-order valence-electron chi connectivity index (χ0n) is 22.0. The molecule has 2 saturated heterocycles. The number of hydrogen-bond acceptors (Lipinski definition) is 5. The first-order valence-electron chi connectivity index (χ1n) is 14.2. The zero-order valence-corrected chi connectivity index (χ0v) is 22.0. The van der Waals surface area contributed by atoms with Gasteiger partial charge in [-0.05, 0) is 61.1 Å². The second-order valence-electron chi connectivity index (χ2n) is 10.9. The van der Waals surface area contributed by atoms with E-state index in [-0.39, 0.29) is 12.0 Å². The first kappa shape index (κ1) is 25.8. The molecule has 3 fully saturated rings. The van der Waals surface area contributed by atoms with E-state index >= 15 is 0 Å². The van der Waals surface area contributed by atoms with Crippen molar-refractivity contribution >= 4 is 11.6 Å². The van der Waals surface area contributed by atoms with E-state index in [0.29, 0.717) is 18.1 Å². The van der Waals surface area contributed by atoms with Gasteiger partial charge in [-0.1, -0.05) is 43.5 Å². The van der Waals surface area contributed by atoms with Gasteiger partial charge in [0.05, 0.1) is 24.3 Å². The van der Waals surface area contributed by atoms with Crippen molar-refractivity contribution in [3.05, 3.63) is 65.2 Å². The second kappa shape index (κ2) is 12.6. The highest BCUT2D eigenvalue weighted by atomic mass is 16.5. The van der Waals surface area contributed by atoms with E-state index in [9.17, 15) is 4.79 Å². The van der Waals surface area contributed by atoms with Crippen LogP contribution < -0.4 is 4.90 Å². The molecule has 37 heavy (non-hydrogen) atoms. The summed E-state index contributed by atoms with van der Waals surface area (Å²) in [6.07, 6.45) is 8.27. The molecule has 196 valence electrons. The number of hydrogen-bond donors (Lipinski definition) is 0. The lowest BCUT2D eigenvalue weighted by Crippen LogP contribution is -2.51. The fraction of sp³-hybridized carbons (Fsp3) is 0.548. The third kappa shape index (κ3) is 6.71. The molecule has 1 amide bonds. The van der Waals surface area contributed by atoms with E-state index in [1.807, 2.05) is 24.3 Å². The van der Waals surface area contributed by atoms with Crippen molar-refractivity contribution in [1.82, 2.24) is 9.80 Å². The maximum absolute atomic E-state index is 13.0. The monoisotopic (exact) mass is 500 g/mol. The van der Waals surface area contributed by atoms with Crippen LogP contribution in [0.15, 0.2) is 48.5 Å². The van der Waals surface area contributed by atoms with E-state index in [1.54, 1.807) is 0 Å². The van der Waals surface area contributed by atoms with Crippen LogP contribution in [0.5, 0.6) is 0 Å². The minimum atomic E-state index is -0.0567. The molecule has 2 aromatic rings. The van der Waals surface area contributed by atoms with Crippen molar-refractivity contribution in [2.45, 2.75) is 57.7 Å². The Balaban J connectivity index is 1.24. The second-order valence-corrected chi connectivity index (χ2v) is 10.9. The van der Waals surface area contributed by atoms with Crippen LogP contribution in [0.4, 0.5) is 5.69 Å². The van der Waals surface area contributed by atoms with E-state index in [4.69, 9.17) is 10.00 Å². The molecule has 0 radical (unpaired) electrons. The number of benzene rings is 2. The number of nitriles is 1. The molecule has 1 aliphatic carbocycles. The van der Waals surface area contributed by atoms with Crippen molar-refractivity contribution in [2.75, 3.05) is 50.7 Å². The van der Waals surface area contributed by atoms with Gasteiger partial charge in [0.15, 0.2) is 0 Å². The van der Waals surface area contributed by atoms with Crippen LogP contribution in [0.1, 0.15) is 67.7 Å². The van der Waals surface area contributed by atoms with Gasteiger partial charge in [-0.15, -0.1) is 0 Å². The molecule has 0 aromatic heterocycles. The van der Waals surface area contributed by atoms with Crippen LogP contribution >= 0.6 is 0 Å². The Morgan fingerprint density at radius 2 is 1.65 bits per heavy atom. The minimum Gasteiger partial charge on any atom is -0.372 e. The average molecular weight is 501 g/mol. The molecular weight excluding hydrogens is 460 g/mol. The summed E-state index contributed by atoms with van der Waals surface area (Å²) in [5, 5.41) is 9.11. The largest absolute Gasteiger partial charge is 0.372 e. The van der Waals surface area contributed by atoms with Gasteiger partial charge in [0, 0.05) is 57.4 Å². The molecule has 0 bridgehead atoms. The van der Waals surface area contributed by atoms with E-state index < -0.39 is 0 Å². The van der Waals surface area contributed by atoms with Gasteiger partial charge in [-0.3, -0.25) is 9.69 Å². The summed E-state index contributed by atoms with van der Waals surface area (Å²) in [6, 6.07) is 18.7. The van der Waals surface area contributed by atoms with Gasteiger partial charge in [-0.25, -0.2) is 0 Å². The van der Waals surface area contributed by atoms with E-state index in [2.05, 4.69) is 45.0 Å². The first-order valence-corrected chi connectivity index (χ1v) is 14.2. The molecule has 1 atom stereocenters. The molecule has 3 aliphatic rings. The van der Waals surface area contributed by atoms with Gasteiger partial charge < -0.3 is 14.5 Å². The highest BCUT2D eigenvalue weighted by Crippen LogP contribution is 2.29. The molecule has 1 saturated carbocycles. The SMILES string of the molecule is N#Cc1ccc(CO[C@H](CN2CCN(C(=O)C3CCCCC3)CC2)c2cccc(N3CCCC3)c2)cc1. The van der Waals surface area contributed by atoms with Crippen molar-refractivity contribution in [3.8, 4) is 6.07 Å². The van der Waals surface area contributed by atoms with Crippen LogP contribution in [0.25, 0.3) is 0 Å². The maximum atomic E-state index is 13.0. The van der Waals surface area contributed by atoms with Gasteiger partial charge in [0.2, 0.25) is 5.91 Å². The minimum absolute atomic E-state index is 0.0567. The van der Waals surface area contributed by atoms with Crippen LogP contribution in [-0.4, -0.2) is 61.5 Å². The molecule has 6 heteroatoms. The molecule has 2 aliphatic heterocycles. The number of ether oxygens (including phenoxy) is 1. The van der Waals surface area contributed by atoms with Crippen molar-refractivity contribution in [1.29, 1.82) is 5.26 Å². The topological polar surface area (TPSA) is 59.8 Å². The Morgan fingerprint density at radius 1 is 0.919 bits per heavy atom. The number of anilines is 1. The predicted molar refractivity (Wildman–Crippen MR) is 146 cm³/mol. The summed E-state index contributed by atoms with van der Waals surface area (Å²) < 4.78 is 6.55. The molecule has 0 spiro atoms. The summed E-state index contributed by atoms with van der Waals surface area (Å²) in [7, 11) is 0. The summed E-state index contributed by atoms with van der Waals surface area (Å²) >= 11 is 0. The quantitative estimate of drug-likeness (QED) is 0.502. The summed E-state index contributed by atoms with van der Waals surface area (Å²) in [5.74, 6) is 0.628.